The average molecular weight is 584 g/mol. The number of rotatable bonds is 8. The number of alkyl halides is 4. The lowest BCUT2D eigenvalue weighted by molar-refractivity contribution is -0.138. The molecule has 1 aliphatic rings. The van der Waals surface area contributed by atoms with Gasteiger partial charge in [-0.3, -0.25) is 19.1 Å². The standard InChI is InChI=1S/C24H22ClF4N7O4/c25-19-12(2-1-3-15(19)24(27,28)29)13(6-18(37)38)20(22(31)40)36-17-5-10(21(30)39)4-16(14(17)9-34-36)35-23-32-7-11(26)8-33-23/h1-5,9,11,13,20H,6-8H2,(H2,30,39)(H2,31,40)(H,37,38)(H2,32,33,35)/t13-,20?/m0/s1. The first-order valence-electron chi connectivity index (χ1n) is 11.6. The van der Waals surface area contributed by atoms with Crippen LogP contribution < -0.4 is 22.1 Å². The zero-order chi connectivity index (χ0) is 29.4. The third-order valence-electron chi connectivity index (χ3n) is 6.26. The van der Waals surface area contributed by atoms with Gasteiger partial charge in [-0.05, 0) is 23.8 Å². The fourth-order valence-electron chi connectivity index (χ4n) is 4.47. The van der Waals surface area contributed by atoms with Crippen LogP contribution in [0.4, 0.5) is 23.2 Å². The number of carbonyl (C=O) groups excluding carboxylic acids is 2. The molecule has 3 aromatic rings. The monoisotopic (exact) mass is 583 g/mol. The third-order valence-corrected chi connectivity index (χ3v) is 6.68. The maximum atomic E-state index is 13.6. The first kappa shape index (κ1) is 28.6. The van der Waals surface area contributed by atoms with Crippen molar-refractivity contribution in [1.82, 2.24) is 15.1 Å². The second-order valence-electron chi connectivity index (χ2n) is 8.96. The number of carboxylic acid groups (broad SMARTS) is 1. The van der Waals surface area contributed by atoms with Crippen LogP contribution in [0.2, 0.25) is 5.02 Å². The van der Waals surface area contributed by atoms with E-state index in [0.717, 1.165) is 16.8 Å². The fourth-order valence-corrected chi connectivity index (χ4v) is 4.84. The number of fused-ring (bicyclic) bond motifs is 1. The summed E-state index contributed by atoms with van der Waals surface area (Å²) in [6, 6.07) is 3.88. The second-order valence-corrected chi connectivity index (χ2v) is 9.34. The lowest BCUT2D eigenvalue weighted by Crippen LogP contribution is -2.41. The normalized spacial score (nSPS) is 17.0. The SMILES string of the molecule is NC(=O)c1cc(NC2=NCC(F)CN2)c2cnn(C(C(N)=O)[C@@H](CC(=O)O)c3cccc(C(F)(F)F)c3Cl)c2c1. The largest absolute Gasteiger partial charge is 0.481 e. The highest BCUT2D eigenvalue weighted by Gasteiger charge is 2.39. The van der Waals surface area contributed by atoms with E-state index in [1.807, 2.05) is 0 Å². The van der Waals surface area contributed by atoms with Crippen LogP contribution in [0.5, 0.6) is 0 Å². The molecule has 7 N–H and O–H groups in total. The van der Waals surface area contributed by atoms with Crippen LogP contribution in [0.15, 0.2) is 41.5 Å². The summed E-state index contributed by atoms with van der Waals surface area (Å²) in [5, 5.41) is 18.9. The summed E-state index contributed by atoms with van der Waals surface area (Å²) in [5.41, 5.74) is 9.87. The van der Waals surface area contributed by atoms with Crippen LogP contribution in [0.3, 0.4) is 0 Å². The van der Waals surface area contributed by atoms with Crippen molar-refractivity contribution in [3.63, 3.8) is 0 Å². The zero-order valence-corrected chi connectivity index (χ0v) is 21.1. The number of carbonyl (C=O) groups is 3. The van der Waals surface area contributed by atoms with Gasteiger partial charge in [0.15, 0.2) is 5.96 Å². The van der Waals surface area contributed by atoms with Crippen LogP contribution in [0.25, 0.3) is 10.9 Å². The van der Waals surface area contributed by atoms with Crippen molar-refractivity contribution in [3.8, 4) is 0 Å². The number of anilines is 1. The van der Waals surface area contributed by atoms with Gasteiger partial charge in [0.1, 0.15) is 12.2 Å². The summed E-state index contributed by atoms with van der Waals surface area (Å²) < 4.78 is 55.2. The number of hydrogen-bond donors (Lipinski definition) is 5. The Balaban J connectivity index is 1.90. The van der Waals surface area contributed by atoms with Crippen LogP contribution in [-0.4, -0.2) is 57.9 Å². The number of nitrogens with one attached hydrogen (secondary N) is 2. The third kappa shape index (κ3) is 5.78. The predicted molar refractivity (Wildman–Crippen MR) is 137 cm³/mol. The Morgan fingerprint density at radius 2 is 1.98 bits per heavy atom. The van der Waals surface area contributed by atoms with Crippen molar-refractivity contribution in [3.05, 3.63) is 58.2 Å². The van der Waals surface area contributed by atoms with Crippen molar-refractivity contribution in [1.29, 1.82) is 0 Å². The molecule has 2 unspecified atom stereocenters. The Morgan fingerprint density at radius 3 is 2.55 bits per heavy atom. The molecule has 40 heavy (non-hydrogen) atoms. The van der Waals surface area contributed by atoms with Crippen molar-refractivity contribution in [2.24, 2.45) is 16.5 Å². The van der Waals surface area contributed by atoms with Crippen molar-refractivity contribution in [2.75, 3.05) is 18.4 Å². The number of primary amides is 2. The van der Waals surface area contributed by atoms with E-state index in [2.05, 4.69) is 20.7 Å². The Bertz CT molecular complexity index is 1520. The average Bonchev–Trinajstić information content (AvgIpc) is 3.28. The van der Waals surface area contributed by atoms with Gasteiger partial charge in [-0.2, -0.15) is 18.3 Å². The van der Waals surface area contributed by atoms with E-state index in [4.69, 9.17) is 23.1 Å². The van der Waals surface area contributed by atoms with Crippen molar-refractivity contribution in [2.45, 2.75) is 30.7 Å². The number of amides is 2. The minimum atomic E-state index is -4.86. The summed E-state index contributed by atoms with van der Waals surface area (Å²) in [6.45, 7) is -0.145. The molecule has 1 aromatic heterocycles. The minimum Gasteiger partial charge on any atom is -0.481 e. The molecule has 16 heteroatoms. The lowest BCUT2D eigenvalue weighted by atomic mass is 9.86. The Hall–Kier alpha value is -4.40. The number of nitrogens with two attached hydrogens (primary N) is 2. The number of nitrogens with zero attached hydrogens (tertiary/aromatic N) is 3. The second kappa shape index (κ2) is 11.0. The van der Waals surface area contributed by atoms with Crippen molar-refractivity contribution >= 4 is 51.9 Å². The fraction of sp³-hybridized carbons (Fsp3) is 0.292. The smallest absolute Gasteiger partial charge is 0.417 e. The molecule has 1 aliphatic heterocycles. The highest BCUT2D eigenvalue weighted by Crippen LogP contribution is 2.43. The molecular formula is C24H22ClF4N7O4. The molecule has 2 heterocycles. The van der Waals surface area contributed by atoms with E-state index in [1.54, 1.807) is 0 Å². The van der Waals surface area contributed by atoms with E-state index in [9.17, 15) is 37.1 Å². The summed E-state index contributed by atoms with van der Waals surface area (Å²) >= 11 is 6.10. The van der Waals surface area contributed by atoms with Gasteiger partial charge in [-0.15, -0.1) is 0 Å². The Labute approximate surface area is 228 Å². The molecule has 2 aromatic carbocycles. The van der Waals surface area contributed by atoms with E-state index in [1.165, 1.54) is 24.4 Å². The van der Waals surface area contributed by atoms with Gasteiger partial charge in [0, 0.05) is 16.9 Å². The predicted octanol–water partition coefficient (Wildman–Crippen LogP) is 2.80. The lowest BCUT2D eigenvalue weighted by Gasteiger charge is -2.27. The molecule has 0 bridgehead atoms. The minimum absolute atomic E-state index is 0.0257. The van der Waals surface area contributed by atoms with Crippen LogP contribution >= 0.6 is 11.6 Å². The maximum absolute atomic E-state index is 13.6. The summed E-state index contributed by atoms with van der Waals surface area (Å²) in [5.74, 6) is -4.79. The highest BCUT2D eigenvalue weighted by atomic mass is 35.5. The summed E-state index contributed by atoms with van der Waals surface area (Å²) in [4.78, 5) is 40.8. The molecule has 0 saturated carbocycles. The molecule has 0 aliphatic carbocycles. The molecule has 4 rings (SSSR count). The Morgan fingerprint density at radius 1 is 1.25 bits per heavy atom. The number of benzene rings is 2. The highest BCUT2D eigenvalue weighted by molar-refractivity contribution is 6.32. The number of aliphatic imine (C=N–C) groups is 1. The quantitative estimate of drug-likeness (QED) is 0.253. The number of guanidine groups is 1. The molecule has 0 fully saturated rings. The molecule has 3 atom stereocenters. The summed E-state index contributed by atoms with van der Waals surface area (Å²) in [7, 11) is 0. The zero-order valence-electron chi connectivity index (χ0n) is 20.4. The van der Waals surface area contributed by atoms with E-state index < -0.39 is 59.1 Å². The van der Waals surface area contributed by atoms with Gasteiger partial charge in [0.25, 0.3) is 0 Å². The van der Waals surface area contributed by atoms with Gasteiger partial charge in [0.05, 0.1) is 47.5 Å². The number of aromatic nitrogens is 2. The first-order chi connectivity index (χ1) is 18.8. The molecule has 0 spiro atoms. The van der Waals surface area contributed by atoms with Crippen molar-refractivity contribution < 1.29 is 37.1 Å². The van der Waals surface area contributed by atoms with Gasteiger partial charge in [0.2, 0.25) is 11.8 Å². The number of aliphatic carboxylic acids is 1. The van der Waals surface area contributed by atoms with Gasteiger partial charge in [-0.25, -0.2) is 9.38 Å². The molecule has 0 saturated heterocycles. The molecule has 2 amide bonds. The molecular weight excluding hydrogens is 562 g/mol. The van der Waals surface area contributed by atoms with E-state index in [0.29, 0.717) is 0 Å². The van der Waals surface area contributed by atoms with Crippen LogP contribution in [0.1, 0.15) is 39.9 Å². The maximum Gasteiger partial charge on any atom is 0.417 e. The molecule has 0 radical (unpaired) electrons. The number of carboxylic acids is 1. The first-order valence-corrected chi connectivity index (χ1v) is 12.0. The van der Waals surface area contributed by atoms with E-state index >= 15 is 0 Å². The Kier molecular flexibility index (Phi) is 7.86. The van der Waals surface area contributed by atoms with E-state index in [-0.39, 0.29) is 46.8 Å². The van der Waals surface area contributed by atoms with Gasteiger partial charge < -0.3 is 27.2 Å². The topological polar surface area (TPSA) is 178 Å². The van der Waals surface area contributed by atoms with Gasteiger partial charge in [-0.1, -0.05) is 23.7 Å². The molecule has 11 nitrogen and oxygen atoms in total. The van der Waals surface area contributed by atoms with Gasteiger partial charge >= 0.3 is 12.1 Å². The summed E-state index contributed by atoms with van der Waals surface area (Å²) in [6.07, 6.45) is -5.64. The van der Waals surface area contributed by atoms with Crippen LogP contribution in [0, 0.1) is 0 Å². The number of hydrogen-bond acceptors (Lipinski definition) is 7. The van der Waals surface area contributed by atoms with Crippen LogP contribution in [-0.2, 0) is 15.8 Å². The number of halogens is 5. The molecule has 212 valence electrons.